The number of benzene rings is 2. The number of rotatable bonds is 9. The fourth-order valence-corrected chi connectivity index (χ4v) is 6.64. The van der Waals surface area contributed by atoms with Crippen LogP contribution in [0.1, 0.15) is 29.9 Å². The van der Waals surface area contributed by atoms with Crippen LogP contribution in [-0.4, -0.2) is 36.1 Å². The molecule has 0 radical (unpaired) electrons. The standard InChI is InChI=1S/C23H20ClNO6S2/c24-17-7-5-15(6-8-17)19-9-11-21(32-19)33(30,31)25-23(22(28)29)13-18(23)16-3-1-2-14(12-16)4-10-20(26)27/h1-3,5-9,11-12,18,25H,4,10,13H2,(H,26,27)(H,28,29). The molecule has 1 fully saturated rings. The number of nitrogens with one attached hydrogen (secondary N) is 1. The summed E-state index contributed by atoms with van der Waals surface area (Å²) in [5.41, 5.74) is 0.585. The van der Waals surface area contributed by atoms with Crippen LogP contribution in [0.15, 0.2) is 64.9 Å². The lowest BCUT2D eigenvalue weighted by Crippen LogP contribution is -2.44. The van der Waals surface area contributed by atoms with Crippen LogP contribution in [-0.2, 0) is 26.0 Å². The maximum absolute atomic E-state index is 13.1. The minimum atomic E-state index is -4.08. The van der Waals surface area contributed by atoms with Gasteiger partial charge in [-0.1, -0.05) is 48.0 Å². The molecule has 1 heterocycles. The van der Waals surface area contributed by atoms with Gasteiger partial charge in [0.05, 0.1) is 0 Å². The van der Waals surface area contributed by atoms with E-state index >= 15 is 0 Å². The first-order valence-corrected chi connectivity index (χ1v) is 12.7. The molecule has 1 saturated carbocycles. The zero-order valence-corrected chi connectivity index (χ0v) is 19.6. The molecule has 1 aliphatic rings. The lowest BCUT2D eigenvalue weighted by atomic mass is 10.0. The molecule has 172 valence electrons. The average Bonchev–Trinajstić information content (AvgIpc) is 3.26. The van der Waals surface area contributed by atoms with Crippen molar-refractivity contribution in [3.63, 3.8) is 0 Å². The first-order valence-electron chi connectivity index (χ1n) is 10.0. The number of sulfonamides is 1. The lowest BCUT2D eigenvalue weighted by molar-refractivity contribution is -0.140. The average molecular weight is 506 g/mol. The lowest BCUT2D eigenvalue weighted by Gasteiger charge is -2.15. The van der Waals surface area contributed by atoms with Gasteiger partial charge < -0.3 is 10.2 Å². The second-order valence-corrected chi connectivity index (χ2v) is 11.3. The number of aliphatic carboxylic acids is 2. The Morgan fingerprint density at radius 1 is 1.09 bits per heavy atom. The van der Waals surface area contributed by atoms with E-state index in [1.165, 1.54) is 6.07 Å². The number of carbonyl (C=O) groups is 2. The normalized spacial score (nSPS) is 19.8. The van der Waals surface area contributed by atoms with Crippen molar-refractivity contribution < 1.29 is 28.2 Å². The second-order valence-electron chi connectivity index (χ2n) is 7.90. The highest BCUT2D eigenvalue weighted by Crippen LogP contribution is 2.52. The van der Waals surface area contributed by atoms with Crippen LogP contribution in [0, 0.1) is 0 Å². The predicted molar refractivity (Wildman–Crippen MR) is 125 cm³/mol. The van der Waals surface area contributed by atoms with Gasteiger partial charge in [-0.05, 0) is 53.8 Å². The molecule has 2 unspecified atom stereocenters. The van der Waals surface area contributed by atoms with Crippen molar-refractivity contribution >= 4 is 44.9 Å². The molecule has 33 heavy (non-hydrogen) atoms. The number of thiophene rings is 1. The van der Waals surface area contributed by atoms with Gasteiger partial charge in [-0.25, -0.2) is 8.42 Å². The Bertz CT molecular complexity index is 1320. The molecular weight excluding hydrogens is 486 g/mol. The highest BCUT2D eigenvalue weighted by atomic mass is 35.5. The number of aryl methyl sites for hydroxylation is 1. The van der Waals surface area contributed by atoms with Gasteiger partial charge >= 0.3 is 11.9 Å². The summed E-state index contributed by atoms with van der Waals surface area (Å²) >= 11 is 6.95. The third-order valence-corrected chi connectivity index (χ3v) is 9.00. The van der Waals surface area contributed by atoms with Gasteiger partial charge in [0.25, 0.3) is 10.0 Å². The topological polar surface area (TPSA) is 121 Å². The van der Waals surface area contributed by atoms with Crippen molar-refractivity contribution in [3.05, 3.63) is 76.8 Å². The van der Waals surface area contributed by atoms with Crippen LogP contribution in [0.25, 0.3) is 10.4 Å². The molecule has 1 aromatic heterocycles. The zero-order chi connectivity index (χ0) is 23.8. The minimum Gasteiger partial charge on any atom is -0.481 e. The van der Waals surface area contributed by atoms with E-state index in [0.29, 0.717) is 17.0 Å². The summed E-state index contributed by atoms with van der Waals surface area (Å²) in [7, 11) is -4.08. The predicted octanol–water partition coefficient (Wildman–Crippen LogP) is 4.37. The van der Waals surface area contributed by atoms with Crippen molar-refractivity contribution in [2.24, 2.45) is 0 Å². The summed E-state index contributed by atoms with van der Waals surface area (Å²) in [4.78, 5) is 23.7. The van der Waals surface area contributed by atoms with Gasteiger partial charge in [-0.15, -0.1) is 11.3 Å². The second kappa shape index (κ2) is 8.90. The fourth-order valence-electron chi connectivity index (χ4n) is 3.80. The van der Waals surface area contributed by atoms with Gasteiger partial charge in [-0.3, -0.25) is 9.59 Å². The van der Waals surface area contributed by atoms with Crippen molar-refractivity contribution in [1.82, 2.24) is 4.72 Å². The molecule has 7 nitrogen and oxygen atoms in total. The number of halogens is 1. The summed E-state index contributed by atoms with van der Waals surface area (Å²) in [6.45, 7) is 0. The maximum atomic E-state index is 13.1. The van der Waals surface area contributed by atoms with E-state index in [2.05, 4.69) is 4.72 Å². The summed E-state index contributed by atoms with van der Waals surface area (Å²) < 4.78 is 28.6. The summed E-state index contributed by atoms with van der Waals surface area (Å²) in [6, 6.07) is 17.1. The van der Waals surface area contributed by atoms with Crippen LogP contribution >= 0.6 is 22.9 Å². The fraction of sp³-hybridized carbons (Fsp3) is 0.217. The minimum absolute atomic E-state index is 0.0222. The summed E-state index contributed by atoms with van der Waals surface area (Å²) in [6.07, 6.45) is 0.378. The van der Waals surface area contributed by atoms with Crippen LogP contribution in [0.3, 0.4) is 0 Å². The first kappa shape index (κ1) is 23.4. The number of hydrogen-bond donors (Lipinski definition) is 3. The molecule has 2 atom stereocenters. The van der Waals surface area contributed by atoms with Gasteiger partial charge in [0, 0.05) is 22.2 Å². The third-order valence-electron chi connectivity index (χ3n) is 5.61. The Hall–Kier alpha value is -2.72. The van der Waals surface area contributed by atoms with Crippen molar-refractivity contribution in [3.8, 4) is 10.4 Å². The van der Waals surface area contributed by atoms with Gasteiger partial charge in [-0.2, -0.15) is 4.72 Å². The van der Waals surface area contributed by atoms with Crippen molar-refractivity contribution in [2.45, 2.75) is 34.9 Å². The van der Waals surface area contributed by atoms with E-state index in [0.717, 1.165) is 27.3 Å². The first-order chi connectivity index (χ1) is 15.6. The SMILES string of the molecule is O=C(O)CCc1cccc(C2CC2(NS(=O)(=O)c2ccc(-c3ccc(Cl)cc3)s2)C(=O)O)c1. The largest absolute Gasteiger partial charge is 0.481 e. The van der Waals surface area contributed by atoms with E-state index in [9.17, 15) is 23.1 Å². The van der Waals surface area contributed by atoms with Crippen LogP contribution in [0.5, 0.6) is 0 Å². The maximum Gasteiger partial charge on any atom is 0.325 e. The molecule has 0 bridgehead atoms. The van der Waals surface area contributed by atoms with Crippen molar-refractivity contribution in [2.75, 3.05) is 0 Å². The highest BCUT2D eigenvalue weighted by Gasteiger charge is 2.63. The molecule has 10 heteroatoms. The molecule has 3 N–H and O–H groups in total. The smallest absolute Gasteiger partial charge is 0.325 e. The van der Waals surface area contributed by atoms with Gasteiger partial charge in [0.15, 0.2) is 0 Å². The van der Waals surface area contributed by atoms with Gasteiger partial charge in [0.2, 0.25) is 0 Å². The molecular formula is C23H20ClNO6S2. The molecule has 3 aromatic rings. The molecule has 2 aromatic carbocycles. The Labute approximate surface area is 199 Å². The van der Waals surface area contributed by atoms with E-state index in [1.807, 2.05) is 0 Å². The van der Waals surface area contributed by atoms with Crippen molar-refractivity contribution in [1.29, 1.82) is 0 Å². The number of carboxylic acids is 2. The van der Waals surface area contributed by atoms with E-state index < -0.39 is 33.4 Å². The Morgan fingerprint density at radius 3 is 2.48 bits per heavy atom. The third kappa shape index (κ3) is 4.96. The Kier molecular flexibility index (Phi) is 6.32. The van der Waals surface area contributed by atoms with E-state index in [1.54, 1.807) is 54.6 Å². The molecule has 1 aliphatic carbocycles. The van der Waals surface area contributed by atoms with Gasteiger partial charge in [0.1, 0.15) is 9.75 Å². The van der Waals surface area contributed by atoms with E-state index in [-0.39, 0.29) is 17.1 Å². The summed E-state index contributed by atoms with van der Waals surface area (Å²) in [5.74, 6) is -2.72. The summed E-state index contributed by atoms with van der Waals surface area (Å²) in [5, 5.41) is 19.3. The number of hydrogen-bond acceptors (Lipinski definition) is 5. The molecule has 0 amide bonds. The van der Waals surface area contributed by atoms with E-state index in [4.69, 9.17) is 16.7 Å². The Morgan fingerprint density at radius 2 is 1.82 bits per heavy atom. The molecule has 0 saturated heterocycles. The van der Waals surface area contributed by atoms with Crippen LogP contribution in [0.2, 0.25) is 5.02 Å². The molecule has 0 spiro atoms. The van der Waals surface area contributed by atoms with Crippen LogP contribution < -0.4 is 4.72 Å². The highest BCUT2D eigenvalue weighted by molar-refractivity contribution is 7.91. The molecule has 4 rings (SSSR count). The Balaban J connectivity index is 1.56. The zero-order valence-electron chi connectivity index (χ0n) is 17.2. The molecule has 0 aliphatic heterocycles. The monoisotopic (exact) mass is 505 g/mol. The quantitative estimate of drug-likeness (QED) is 0.397. The van der Waals surface area contributed by atoms with Crippen LogP contribution in [0.4, 0.5) is 0 Å². The number of carboxylic acid groups (broad SMARTS) is 2.